The average molecular weight is 170 g/mol. The second kappa shape index (κ2) is 3.20. The highest BCUT2D eigenvalue weighted by atomic mass is 16.5. The van der Waals surface area contributed by atoms with Crippen LogP contribution in [0.1, 0.15) is 12.6 Å². The quantitative estimate of drug-likeness (QED) is 0.672. The van der Waals surface area contributed by atoms with Crippen molar-refractivity contribution in [2.75, 3.05) is 13.7 Å². The number of ether oxygens (including phenoxy) is 1. The van der Waals surface area contributed by atoms with E-state index < -0.39 is 5.54 Å². The first-order chi connectivity index (χ1) is 5.56. The minimum atomic E-state index is -0.553. The Morgan fingerprint density at radius 1 is 1.75 bits per heavy atom. The van der Waals surface area contributed by atoms with Crippen LogP contribution in [-0.2, 0) is 17.3 Å². The molecule has 0 bridgehead atoms. The largest absolute Gasteiger partial charge is 0.382 e. The van der Waals surface area contributed by atoms with Crippen molar-refractivity contribution >= 4 is 0 Å². The molecule has 0 amide bonds. The van der Waals surface area contributed by atoms with Crippen LogP contribution in [0.3, 0.4) is 0 Å². The van der Waals surface area contributed by atoms with Gasteiger partial charge in [0.2, 0.25) is 0 Å². The van der Waals surface area contributed by atoms with Gasteiger partial charge < -0.3 is 10.5 Å². The van der Waals surface area contributed by atoms with Gasteiger partial charge in [0.15, 0.2) is 0 Å². The standard InChI is InChI=1S/C7H14N4O/c1-7(8,5-12-3)6-4-9-11(2)10-6/h4H,5,8H2,1-3H3. The Labute approximate surface area is 71.5 Å². The van der Waals surface area contributed by atoms with E-state index in [0.717, 1.165) is 5.69 Å². The van der Waals surface area contributed by atoms with Crippen molar-refractivity contribution in [3.63, 3.8) is 0 Å². The lowest BCUT2D eigenvalue weighted by Gasteiger charge is -2.19. The third kappa shape index (κ3) is 1.80. The Bertz CT molecular complexity index is 256. The number of rotatable bonds is 3. The third-order valence-corrected chi connectivity index (χ3v) is 1.63. The van der Waals surface area contributed by atoms with E-state index in [4.69, 9.17) is 10.5 Å². The lowest BCUT2D eigenvalue weighted by atomic mass is 10.0. The highest BCUT2D eigenvalue weighted by Gasteiger charge is 2.24. The van der Waals surface area contributed by atoms with Crippen LogP contribution in [0.15, 0.2) is 6.20 Å². The van der Waals surface area contributed by atoms with Crippen LogP contribution in [-0.4, -0.2) is 28.7 Å². The van der Waals surface area contributed by atoms with Crippen LogP contribution >= 0.6 is 0 Å². The SMILES string of the molecule is COCC(C)(N)c1cnn(C)n1. The van der Waals surface area contributed by atoms with E-state index in [1.807, 2.05) is 6.92 Å². The molecule has 0 radical (unpaired) electrons. The molecule has 0 saturated heterocycles. The summed E-state index contributed by atoms with van der Waals surface area (Å²) in [5.74, 6) is 0. The summed E-state index contributed by atoms with van der Waals surface area (Å²) >= 11 is 0. The molecule has 0 aromatic carbocycles. The monoisotopic (exact) mass is 170 g/mol. The van der Waals surface area contributed by atoms with Gasteiger partial charge in [0.1, 0.15) is 5.69 Å². The molecule has 2 N–H and O–H groups in total. The fraction of sp³-hybridized carbons (Fsp3) is 0.714. The van der Waals surface area contributed by atoms with Gasteiger partial charge in [0.25, 0.3) is 0 Å². The van der Waals surface area contributed by atoms with Gasteiger partial charge in [-0.05, 0) is 6.92 Å². The Balaban J connectivity index is 2.81. The normalized spacial score (nSPS) is 16.0. The molecule has 1 unspecified atom stereocenters. The average Bonchev–Trinajstić information content (AvgIpc) is 2.36. The molecule has 0 aliphatic rings. The number of nitrogens with two attached hydrogens (primary N) is 1. The van der Waals surface area contributed by atoms with Gasteiger partial charge in [-0.1, -0.05) is 0 Å². The maximum atomic E-state index is 5.92. The van der Waals surface area contributed by atoms with Gasteiger partial charge in [0, 0.05) is 14.2 Å². The lowest BCUT2D eigenvalue weighted by Crippen LogP contribution is -2.38. The van der Waals surface area contributed by atoms with Crippen LogP contribution in [0.2, 0.25) is 0 Å². The predicted octanol–water partition coefficient (Wildman–Crippen LogP) is -0.365. The summed E-state index contributed by atoms with van der Waals surface area (Å²) in [7, 11) is 3.37. The highest BCUT2D eigenvalue weighted by Crippen LogP contribution is 2.13. The number of methoxy groups -OCH3 is 1. The number of hydrogen-bond donors (Lipinski definition) is 1. The first-order valence-corrected chi connectivity index (χ1v) is 3.71. The number of aromatic nitrogens is 3. The van der Waals surface area contributed by atoms with Gasteiger partial charge >= 0.3 is 0 Å². The van der Waals surface area contributed by atoms with Gasteiger partial charge in [-0.2, -0.15) is 15.0 Å². The van der Waals surface area contributed by atoms with Crippen LogP contribution < -0.4 is 5.73 Å². The zero-order valence-electron chi connectivity index (χ0n) is 7.61. The minimum Gasteiger partial charge on any atom is -0.382 e. The van der Waals surface area contributed by atoms with Crippen LogP contribution in [0.4, 0.5) is 0 Å². The molecule has 0 aliphatic carbocycles. The highest BCUT2D eigenvalue weighted by molar-refractivity contribution is 5.07. The van der Waals surface area contributed by atoms with Crippen molar-refractivity contribution in [1.29, 1.82) is 0 Å². The van der Waals surface area contributed by atoms with E-state index in [-0.39, 0.29) is 0 Å². The topological polar surface area (TPSA) is 66.0 Å². The van der Waals surface area contributed by atoms with Crippen molar-refractivity contribution in [3.8, 4) is 0 Å². The van der Waals surface area contributed by atoms with E-state index in [1.54, 1.807) is 20.4 Å². The molecule has 0 spiro atoms. The predicted molar refractivity (Wildman–Crippen MR) is 44.4 cm³/mol. The third-order valence-electron chi connectivity index (χ3n) is 1.63. The van der Waals surface area contributed by atoms with Gasteiger partial charge in [-0.15, -0.1) is 0 Å². The zero-order chi connectivity index (χ0) is 9.19. The summed E-state index contributed by atoms with van der Waals surface area (Å²) in [5, 5.41) is 8.04. The van der Waals surface area contributed by atoms with Crippen molar-refractivity contribution in [3.05, 3.63) is 11.9 Å². The molecular weight excluding hydrogens is 156 g/mol. The van der Waals surface area contributed by atoms with Crippen LogP contribution in [0, 0.1) is 0 Å². The van der Waals surface area contributed by atoms with Crippen molar-refractivity contribution in [2.24, 2.45) is 12.8 Å². The van der Waals surface area contributed by atoms with Gasteiger partial charge in [0.05, 0.1) is 18.3 Å². The first kappa shape index (κ1) is 9.15. The minimum absolute atomic E-state index is 0.436. The maximum Gasteiger partial charge on any atom is 0.105 e. The molecular formula is C7H14N4O. The summed E-state index contributed by atoms with van der Waals surface area (Å²) in [4.78, 5) is 1.48. The number of hydrogen-bond acceptors (Lipinski definition) is 4. The fourth-order valence-electron chi connectivity index (χ4n) is 0.981. The van der Waals surface area contributed by atoms with E-state index in [0.29, 0.717) is 6.61 Å². The van der Waals surface area contributed by atoms with Gasteiger partial charge in [-0.3, -0.25) is 0 Å². The van der Waals surface area contributed by atoms with Crippen molar-refractivity contribution in [2.45, 2.75) is 12.5 Å². The molecule has 1 aromatic rings. The van der Waals surface area contributed by atoms with E-state index in [2.05, 4.69) is 10.2 Å². The smallest absolute Gasteiger partial charge is 0.105 e. The molecule has 0 saturated carbocycles. The number of aryl methyl sites for hydroxylation is 1. The van der Waals surface area contributed by atoms with Crippen LogP contribution in [0.25, 0.3) is 0 Å². The summed E-state index contributed by atoms with van der Waals surface area (Å²) in [6.45, 7) is 2.30. The number of nitrogens with zero attached hydrogens (tertiary/aromatic N) is 3. The van der Waals surface area contributed by atoms with Crippen molar-refractivity contribution in [1.82, 2.24) is 15.0 Å². The molecule has 1 rings (SSSR count). The van der Waals surface area contributed by atoms with E-state index in [9.17, 15) is 0 Å². The molecule has 68 valence electrons. The zero-order valence-corrected chi connectivity index (χ0v) is 7.61. The molecule has 5 heteroatoms. The Kier molecular flexibility index (Phi) is 2.44. The first-order valence-electron chi connectivity index (χ1n) is 3.71. The lowest BCUT2D eigenvalue weighted by molar-refractivity contribution is 0.138. The van der Waals surface area contributed by atoms with Crippen LogP contribution in [0.5, 0.6) is 0 Å². The molecule has 1 aromatic heterocycles. The second-order valence-electron chi connectivity index (χ2n) is 3.07. The summed E-state index contributed by atoms with van der Waals surface area (Å²) in [5.41, 5.74) is 6.11. The maximum absolute atomic E-state index is 5.92. The molecule has 12 heavy (non-hydrogen) atoms. The second-order valence-corrected chi connectivity index (χ2v) is 3.07. The fourth-order valence-corrected chi connectivity index (χ4v) is 0.981. The van der Waals surface area contributed by atoms with Gasteiger partial charge in [-0.25, -0.2) is 0 Å². The van der Waals surface area contributed by atoms with Crippen molar-refractivity contribution < 1.29 is 4.74 Å². The molecule has 1 atom stereocenters. The van der Waals surface area contributed by atoms with E-state index in [1.165, 1.54) is 4.80 Å². The summed E-state index contributed by atoms with van der Waals surface area (Å²) in [6.07, 6.45) is 1.65. The molecule has 1 heterocycles. The summed E-state index contributed by atoms with van der Waals surface area (Å²) < 4.78 is 4.97. The molecule has 5 nitrogen and oxygen atoms in total. The molecule has 0 aliphatic heterocycles. The Morgan fingerprint density at radius 3 is 2.83 bits per heavy atom. The molecule has 0 fully saturated rings. The Morgan fingerprint density at radius 2 is 2.42 bits per heavy atom. The summed E-state index contributed by atoms with van der Waals surface area (Å²) in [6, 6.07) is 0. The van der Waals surface area contributed by atoms with E-state index >= 15 is 0 Å². The Hall–Kier alpha value is -0.940.